The van der Waals surface area contributed by atoms with Crippen LogP contribution in [0.5, 0.6) is 0 Å². The smallest absolute Gasteiger partial charge is 0.247 e. The number of rotatable bonds is 4. The molecule has 4 nitrogen and oxygen atoms in total. The Balaban J connectivity index is 1.71. The van der Waals surface area contributed by atoms with Gasteiger partial charge in [0.2, 0.25) is 11.8 Å². The highest BCUT2D eigenvalue weighted by Gasteiger charge is 2.14. The van der Waals surface area contributed by atoms with Gasteiger partial charge in [0, 0.05) is 18.3 Å². The second-order valence-corrected chi connectivity index (χ2v) is 7.02. The van der Waals surface area contributed by atoms with Gasteiger partial charge in [-0.15, -0.1) is 10.2 Å². The Morgan fingerprint density at radius 2 is 1.58 bits per heavy atom. The largest absolute Gasteiger partial charge is 0.419 e. The van der Waals surface area contributed by atoms with Crippen LogP contribution in [-0.2, 0) is 12.0 Å². The molecule has 124 valence electrons. The van der Waals surface area contributed by atoms with Gasteiger partial charge in [0.15, 0.2) is 0 Å². The van der Waals surface area contributed by atoms with Crippen molar-refractivity contribution in [1.29, 1.82) is 0 Å². The highest BCUT2D eigenvalue weighted by Crippen LogP contribution is 2.25. The van der Waals surface area contributed by atoms with Gasteiger partial charge in [-0.25, -0.2) is 0 Å². The van der Waals surface area contributed by atoms with Crippen molar-refractivity contribution >= 4 is 5.69 Å². The molecule has 0 bridgehead atoms. The van der Waals surface area contributed by atoms with Crippen molar-refractivity contribution in [3.8, 4) is 11.5 Å². The Hall–Kier alpha value is -2.62. The fourth-order valence-corrected chi connectivity index (χ4v) is 2.52. The zero-order valence-electron chi connectivity index (χ0n) is 14.7. The molecule has 0 saturated carbocycles. The normalized spacial score (nSPS) is 11.5. The third kappa shape index (κ3) is 3.65. The van der Waals surface area contributed by atoms with E-state index in [0.717, 1.165) is 11.3 Å². The van der Waals surface area contributed by atoms with Gasteiger partial charge in [-0.2, -0.15) is 0 Å². The molecule has 0 spiro atoms. The first-order valence-electron chi connectivity index (χ1n) is 8.13. The summed E-state index contributed by atoms with van der Waals surface area (Å²) in [7, 11) is 2.03. The minimum Gasteiger partial charge on any atom is -0.419 e. The SMILES string of the molecule is CN(Cc1nnc(-c2ccccc2)o1)c1ccc(C(C)(C)C)cc1. The zero-order valence-corrected chi connectivity index (χ0v) is 14.7. The van der Waals surface area contributed by atoms with Gasteiger partial charge >= 0.3 is 0 Å². The Morgan fingerprint density at radius 1 is 0.917 bits per heavy atom. The molecule has 1 aromatic heterocycles. The van der Waals surface area contributed by atoms with Crippen LogP contribution in [0.3, 0.4) is 0 Å². The van der Waals surface area contributed by atoms with Gasteiger partial charge in [-0.3, -0.25) is 0 Å². The summed E-state index contributed by atoms with van der Waals surface area (Å²) in [6.07, 6.45) is 0. The van der Waals surface area contributed by atoms with Crippen LogP contribution in [0.4, 0.5) is 5.69 Å². The molecular formula is C20H23N3O. The Morgan fingerprint density at radius 3 is 2.21 bits per heavy atom. The summed E-state index contributed by atoms with van der Waals surface area (Å²) < 4.78 is 5.78. The quantitative estimate of drug-likeness (QED) is 0.700. The lowest BCUT2D eigenvalue weighted by Gasteiger charge is -2.22. The zero-order chi connectivity index (χ0) is 17.2. The Labute approximate surface area is 143 Å². The average molecular weight is 321 g/mol. The standard InChI is InChI=1S/C20H23N3O/c1-20(2,3)16-10-12-17(13-11-16)23(4)14-18-21-22-19(24-18)15-8-6-5-7-9-15/h5-13H,14H2,1-4H3. The predicted molar refractivity (Wildman–Crippen MR) is 97.0 cm³/mol. The summed E-state index contributed by atoms with van der Waals surface area (Å²) in [6.45, 7) is 7.23. The first-order chi connectivity index (χ1) is 11.4. The summed E-state index contributed by atoms with van der Waals surface area (Å²) in [5.74, 6) is 1.17. The number of anilines is 1. The Kier molecular flexibility index (Phi) is 4.38. The lowest BCUT2D eigenvalue weighted by atomic mass is 9.87. The fraction of sp³-hybridized carbons (Fsp3) is 0.300. The summed E-state index contributed by atoms with van der Waals surface area (Å²) in [5, 5.41) is 8.29. The third-order valence-corrected chi connectivity index (χ3v) is 4.03. The van der Waals surface area contributed by atoms with E-state index in [0.29, 0.717) is 18.3 Å². The molecule has 0 atom stereocenters. The second-order valence-electron chi connectivity index (χ2n) is 7.02. The third-order valence-electron chi connectivity index (χ3n) is 4.03. The lowest BCUT2D eigenvalue weighted by Crippen LogP contribution is -2.17. The number of aromatic nitrogens is 2. The second kappa shape index (κ2) is 6.48. The van der Waals surface area contributed by atoms with Crippen molar-refractivity contribution in [2.24, 2.45) is 0 Å². The molecule has 3 rings (SSSR count). The van der Waals surface area contributed by atoms with Crippen LogP contribution < -0.4 is 4.90 Å². The molecule has 4 heteroatoms. The van der Waals surface area contributed by atoms with Gasteiger partial charge in [0.25, 0.3) is 0 Å². The highest BCUT2D eigenvalue weighted by atomic mass is 16.4. The molecular weight excluding hydrogens is 298 g/mol. The predicted octanol–water partition coefficient (Wildman–Crippen LogP) is 4.67. The first-order valence-corrected chi connectivity index (χ1v) is 8.13. The molecule has 0 fully saturated rings. The average Bonchev–Trinajstić information content (AvgIpc) is 3.03. The highest BCUT2D eigenvalue weighted by molar-refractivity contribution is 5.52. The maximum Gasteiger partial charge on any atom is 0.247 e. The first kappa shape index (κ1) is 16.2. The molecule has 24 heavy (non-hydrogen) atoms. The molecule has 0 aliphatic heterocycles. The van der Waals surface area contributed by atoms with Gasteiger partial charge in [-0.1, -0.05) is 51.1 Å². The molecule has 1 heterocycles. The van der Waals surface area contributed by atoms with E-state index in [4.69, 9.17) is 4.42 Å². The van der Waals surface area contributed by atoms with E-state index in [9.17, 15) is 0 Å². The van der Waals surface area contributed by atoms with Crippen molar-refractivity contribution in [2.45, 2.75) is 32.7 Å². The minimum atomic E-state index is 0.161. The fourth-order valence-electron chi connectivity index (χ4n) is 2.52. The van der Waals surface area contributed by atoms with E-state index in [2.05, 4.69) is 60.1 Å². The Bertz CT molecular complexity index is 786. The molecule has 3 aromatic rings. The van der Waals surface area contributed by atoms with Crippen molar-refractivity contribution in [3.05, 3.63) is 66.1 Å². The molecule has 0 N–H and O–H groups in total. The van der Waals surface area contributed by atoms with Crippen LogP contribution in [-0.4, -0.2) is 17.2 Å². The van der Waals surface area contributed by atoms with Crippen molar-refractivity contribution in [2.75, 3.05) is 11.9 Å². The van der Waals surface area contributed by atoms with Gasteiger partial charge in [-0.05, 0) is 35.2 Å². The van der Waals surface area contributed by atoms with Gasteiger partial charge < -0.3 is 9.32 Å². The lowest BCUT2D eigenvalue weighted by molar-refractivity contribution is 0.503. The maximum absolute atomic E-state index is 5.78. The van der Waals surface area contributed by atoms with E-state index < -0.39 is 0 Å². The van der Waals surface area contributed by atoms with Crippen LogP contribution >= 0.6 is 0 Å². The molecule has 0 saturated heterocycles. The van der Waals surface area contributed by atoms with E-state index >= 15 is 0 Å². The summed E-state index contributed by atoms with van der Waals surface area (Å²) >= 11 is 0. The minimum absolute atomic E-state index is 0.161. The molecule has 0 aliphatic rings. The van der Waals surface area contributed by atoms with Crippen LogP contribution in [0.25, 0.3) is 11.5 Å². The topological polar surface area (TPSA) is 42.2 Å². The maximum atomic E-state index is 5.78. The van der Waals surface area contributed by atoms with Crippen LogP contribution in [0.2, 0.25) is 0 Å². The molecule has 0 radical (unpaired) electrons. The molecule has 0 amide bonds. The van der Waals surface area contributed by atoms with Crippen molar-refractivity contribution in [3.63, 3.8) is 0 Å². The molecule has 0 aliphatic carbocycles. The monoisotopic (exact) mass is 321 g/mol. The summed E-state index contributed by atoms with van der Waals surface area (Å²) in [5.41, 5.74) is 3.55. The van der Waals surface area contributed by atoms with Crippen LogP contribution in [0.1, 0.15) is 32.2 Å². The summed E-state index contributed by atoms with van der Waals surface area (Å²) in [4.78, 5) is 2.11. The van der Waals surface area contributed by atoms with Crippen LogP contribution in [0, 0.1) is 0 Å². The van der Waals surface area contributed by atoms with Gasteiger partial charge in [0.05, 0.1) is 6.54 Å². The number of hydrogen-bond acceptors (Lipinski definition) is 4. The van der Waals surface area contributed by atoms with E-state index in [1.807, 2.05) is 37.4 Å². The van der Waals surface area contributed by atoms with E-state index in [1.54, 1.807) is 0 Å². The number of nitrogens with zero attached hydrogens (tertiary/aromatic N) is 3. The molecule has 2 aromatic carbocycles. The van der Waals surface area contributed by atoms with E-state index in [-0.39, 0.29) is 5.41 Å². The number of benzene rings is 2. The van der Waals surface area contributed by atoms with E-state index in [1.165, 1.54) is 5.56 Å². The van der Waals surface area contributed by atoms with Crippen LogP contribution in [0.15, 0.2) is 59.0 Å². The summed E-state index contributed by atoms with van der Waals surface area (Å²) in [6, 6.07) is 18.4. The van der Waals surface area contributed by atoms with Crippen molar-refractivity contribution in [1.82, 2.24) is 10.2 Å². The molecule has 0 unspecified atom stereocenters. The van der Waals surface area contributed by atoms with Crippen molar-refractivity contribution < 1.29 is 4.42 Å². The number of hydrogen-bond donors (Lipinski definition) is 0. The van der Waals surface area contributed by atoms with Gasteiger partial charge in [0.1, 0.15) is 0 Å².